The zero-order valence-electron chi connectivity index (χ0n) is 10.2. The summed E-state index contributed by atoms with van der Waals surface area (Å²) in [4.78, 5) is 0. The molecule has 0 fully saturated rings. The summed E-state index contributed by atoms with van der Waals surface area (Å²) in [5, 5.41) is 0.746. The first kappa shape index (κ1) is 13.6. The molecule has 0 saturated heterocycles. The van der Waals surface area contributed by atoms with Crippen molar-refractivity contribution < 1.29 is 0 Å². The average molecular weight is 325 g/mol. The molecule has 0 radical (unpaired) electrons. The molecule has 1 nitrogen and oxygen atoms in total. The molecule has 2 N–H and O–H groups in total. The van der Waals surface area contributed by atoms with Crippen LogP contribution in [0, 0.1) is 0 Å². The Bertz CT molecular complexity index is 552. The Morgan fingerprint density at radius 3 is 2.56 bits per heavy atom. The summed E-state index contributed by atoms with van der Waals surface area (Å²) in [5.41, 5.74) is 8.27. The highest BCUT2D eigenvalue weighted by Gasteiger charge is 2.23. The fourth-order valence-electron chi connectivity index (χ4n) is 2.09. The van der Waals surface area contributed by atoms with E-state index in [1.807, 2.05) is 49.4 Å². The quantitative estimate of drug-likeness (QED) is 0.882. The minimum absolute atomic E-state index is 0.426. The lowest BCUT2D eigenvalue weighted by atomic mass is 9.87. The lowest BCUT2D eigenvalue weighted by molar-refractivity contribution is 0.489. The van der Waals surface area contributed by atoms with Crippen molar-refractivity contribution in [2.45, 2.75) is 18.9 Å². The van der Waals surface area contributed by atoms with Crippen LogP contribution >= 0.6 is 27.5 Å². The summed E-state index contributed by atoms with van der Waals surface area (Å²) in [6.45, 7) is 2.04. The fourth-order valence-corrected chi connectivity index (χ4v) is 3.04. The Labute approximate surface area is 121 Å². The van der Waals surface area contributed by atoms with E-state index in [2.05, 4.69) is 22.0 Å². The first-order chi connectivity index (χ1) is 8.49. The molecule has 2 aromatic carbocycles. The number of benzene rings is 2. The third kappa shape index (κ3) is 3.14. The van der Waals surface area contributed by atoms with Crippen LogP contribution < -0.4 is 5.73 Å². The normalized spacial score (nSPS) is 14.2. The zero-order valence-corrected chi connectivity index (χ0v) is 12.5. The molecular weight excluding hydrogens is 310 g/mol. The van der Waals surface area contributed by atoms with Gasteiger partial charge in [-0.15, -0.1) is 0 Å². The predicted molar refractivity (Wildman–Crippen MR) is 80.8 cm³/mol. The van der Waals surface area contributed by atoms with E-state index in [4.69, 9.17) is 17.3 Å². The number of hydrogen-bond acceptors (Lipinski definition) is 1. The SMILES string of the molecule is CC(N)(Cc1cccc(Cl)c1)c1ccccc1Br. The van der Waals surface area contributed by atoms with E-state index >= 15 is 0 Å². The van der Waals surface area contributed by atoms with Crippen LogP contribution in [0.25, 0.3) is 0 Å². The lowest BCUT2D eigenvalue weighted by Gasteiger charge is -2.26. The second-order valence-electron chi connectivity index (χ2n) is 4.70. The third-order valence-corrected chi connectivity index (χ3v) is 3.88. The van der Waals surface area contributed by atoms with Crippen LogP contribution in [-0.2, 0) is 12.0 Å². The molecule has 0 heterocycles. The minimum Gasteiger partial charge on any atom is -0.321 e. The Morgan fingerprint density at radius 2 is 1.89 bits per heavy atom. The molecule has 0 aromatic heterocycles. The van der Waals surface area contributed by atoms with Gasteiger partial charge in [0.25, 0.3) is 0 Å². The van der Waals surface area contributed by atoms with Crippen molar-refractivity contribution in [1.29, 1.82) is 0 Å². The van der Waals surface area contributed by atoms with Gasteiger partial charge in [0.1, 0.15) is 0 Å². The molecule has 0 saturated carbocycles. The van der Waals surface area contributed by atoms with Crippen molar-refractivity contribution in [3.63, 3.8) is 0 Å². The minimum atomic E-state index is -0.426. The highest BCUT2D eigenvalue weighted by Crippen LogP contribution is 2.29. The molecule has 94 valence electrons. The van der Waals surface area contributed by atoms with Crippen LogP contribution in [-0.4, -0.2) is 0 Å². The molecule has 1 atom stereocenters. The fraction of sp³-hybridized carbons (Fsp3) is 0.200. The van der Waals surface area contributed by atoms with Crippen LogP contribution in [0.4, 0.5) is 0 Å². The summed E-state index contributed by atoms with van der Waals surface area (Å²) in [5.74, 6) is 0. The summed E-state index contributed by atoms with van der Waals surface area (Å²) < 4.78 is 1.04. The Kier molecular flexibility index (Phi) is 4.10. The molecule has 2 rings (SSSR count). The molecule has 3 heteroatoms. The maximum atomic E-state index is 6.45. The maximum Gasteiger partial charge on any atom is 0.0433 e. The van der Waals surface area contributed by atoms with Gasteiger partial charge in [0, 0.05) is 15.0 Å². The Morgan fingerprint density at radius 1 is 1.17 bits per heavy atom. The van der Waals surface area contributed by atoms with E-state index in [0.29, 0.717) is 0 Å². The molecule has 0 amide bonds. The largest absolute Gasteiger partial charge is 0.321 e. The summed E-state index contributed by atoms with van der Waals surface area (Å²) >= 11 is 9.55. The van der Waals surface area contributed by atoms with E-state index in [1.54, 1.807) is 0 Å². The molecule has 0 aliphatic carbocycles. The van der Waals surface area contributed by atoms with Gasteiger partial charge in [-0.1, -0.05) is 57.9 Å². The van der Waals surface area contributed by atoms with E-state index < -0.39 is 5.54 Å². The van der Waals surface area contributed by atoms with Crippen molar-refractivity contribution in [2.75, 3.05) is 0 Å². The Hall–Kier alpha value is -0.830. The molecular formula is C15H15BrClN. The van der Waals surface area contributed by atoms with Crippen molar-refractivity contribution in [3.05, 3.63) is 69.2 Å². The monoisotopic (exact) mass is 323 g/mol. The highest BCUT2D eigenvalue weighted by atomic mass is 79.9. The summed E-state index contributed by atoms with van der Waals surface area (Å²) in [6.07, 6.45) is 0.746. The second-order valence-corrected chi connectivity index (χ2v) is 5.99. The van der Waals surface area contributed by atoms with E-state index in [-0.39, 0.29) is 0 Å². The van der Waals surface area contributed by atoms with Gasteiger partial charge in [-0.2, -0.15) is 0 Å². The van der Waals surface area contributed by atoms with Crippen LogP contribution in [0.5, 0.6) is 0 Å². The van der Waals surface area contributed by atoms with Crippen LogP contribution in [0.3, 0.4) is 0 Å². The van der Waals surface area contributed by atoms with Crippen LogP contribution in [0.15, 0.2) is 53.0 Å². The number of nitrogens with two attached hydrogens (primary N) is 1. The highest BCUT2D eigenvalue weighted by molar-refractivity contribution is 9.10. The van der Waals surface area contributed by atoms with Gasteiger partial charge >= 0.3 is 0 Å². The Balaban J connectivity index is 2.30. The van der Waals surface area contributed by atoms with Crippen molar-refractivity contribution in [1.82, 2.24) is 0 Å². The van der Waals surface area contributed by atoms with Crippen LogP contribution in [0.2, 0.25) is 5.02 Å². The van der Waals surface area contributed by atoms with Crippen molar-refractivity contribution >= 4 is 27.5 Å². The van der Waals surface area contributed by atoms with Gasteiger partial charge in [-0.25, -0.2) is 0 Å². The molecule has 2 aromatic rings. The van der Waals surface area contributed by atoms with Gasteiger partial charge in [-0.05, 0) is 42.7 Å². The summed E-state index contributed by atoms with van der Waals surface area (Å²) in [6, 6.07) is 15.9. The van der Waals surface area contributed by atoms with Gasteiger partial charge in [0.05, 0.1) is 0 Å². The lowest BCUT2D eigenvalue weighted by Crippen LogP contribution is -2.35. The number of rotatable bonds is 3. The number of halogens is 2. The molecule has 18 heavy (non-hydrogen) atoms. The van der Waals surface area contributed by atoms with E-state index in [1.165, 1.54) is 0 Å². The molecule has 0 aliphatic heterocycles. The summed E-state index contributed by atoms with van der Waals surface area (Å²) in [7, 11) is 0. The second kappa shape index (κ2) is 5.43. The molecule has 0 bridgehead atoms. The standard InChI is InChI=1S/C15H15BrClN/c1-15(18,13-7-2-3-8-14(13)16)10-11-5-4-6-12(17)9-11/h2-9H,10,18H2,1H3. The van der Waals surface area contributed by atoms with Gasteiger partial charge in [0.2, 0.25) is 0 Å². The molecule has 1 unspecified atom stereocenters. The molecule has 0 aliphatic rings. The topological polar surface area (TPSA) is 26.0 Å². The average Bonchev–Trinajstić information content (AvgIpc) is 2.28. The van der Waals surface area contributed by atoms with Gasteiger partial charge in [-0.3, -0.25) is 0 Å². The van der Waals surface area contributed by atoms with E-state index in [0.717, 1.165) is 27.0 Å². The predicted octanol–water partition coefficient (Wildman–Crippen LogP) is 4.52. The maximum absolute atomic E-state index is 6.45. The van der Waals surface area contributed by atoms with Crippen LogP contribution in [0.1, 0.15) is 18.1 Å². The van der Waals surface area contributed by atoms with Gasteiger partial charge in [0.15, 0.2) is 0 Å². The third-order valence-electron chi connectivity index (χ3n) is 2.95. The smallest absolute Gasteiger partial charge is 0.0433 e. The van der Waals surface area contributed by atoms with Gasteiger partial charge < -0.3 is 5.73 Å². The first-order valence-corrected chi connectivity index (χ1v) is 6.94. The van der Waals surface area contributed by atoms with E-state index in [9.17, 15) is 0 Å². The first-order valence-electron chi connectivity index (χ1n) is 5.77. The van der Waals surface area contributed by atoms with Crippen molar-refractivity contribution in [3.8, 4) is 0 Å². The van der Waals surface area contributed by atoms with Crippen molar-refractivity contribution in [2.24, 2.45) is 5.73 Å². The zero-order chi connectivity index (χ0) is 13.2. The number of hydrogen-bond donors (Lipinski definition) is 1. The molecule has 0 spiro atoms.